The maximum Gasteiger partial charge on any atom is 0.341 e. The summed E-state index contributed by atoms with van der Waals surface area (Å²) in [5, 5.41) is 11.2. The highest BCUT2D eigenvalue weighted by Crippen LogP contribution is 2.37. The molecule has 0 spiro atoms. The van der Waals surface area contributed by atoms with Gasteiger partial charge in [0.1, 0.15) is 0 Å². The summed E-state index contributed by atoms with van der Waals surface area (Å²) in [6, 6.07) is 14.0. The van der Waals surface area contributed by atoms with Gasteiger partial charge in [-0.3, -0.25) is 0 Å². The molecule has 0 fully saturated rings. The lowest BCUT2D eigenvalue weighted by molar-refractivity contribution is -0.161. The van der Waals surface area contributed by atoms with Gasteiger partial charge < -0.3 is 9.84 Å². The SMILES string of the molecule is O=C1OC(O)(Cc2cccc(Cl)c2)c2ccccc21. The fourth-order valence-electron chi connectivity index (χ4n) is 2.32. The fourth-order valence-corrected chi connectivity index (χ4v) is 2.53. The molecular weight excluding hydrogens is 264 g/mol. The Hall–Kier alpha value is -1.84. The van der Waals surface area contributed by atoms with Crippen LogP contribution in [0.1, 0.15) is 21.5 Å². The molecule has 0 aromatic heterocycles. The number of aliphatic hydroxyl groups is 1. The minimum absolute atomic E-state index is 0.177. The van der Waals surface area contributed by atoms with Gasteiger partial charge in [-0.1, -0.05) is 41.9 Å². The Bertz CT molecular complexity index is 653. The van der Waals surface area contributed by atoms with Gasteiger partial charge in [0.25, 0.3) is 0 Å². The lowest BCUT2D eigenvalue weighted by atomic mass is 9.96. The first kappa shape index (κ1) is 12.2. The number of hydrogen-bond donors (Lipinski definition) is 1. The second-order valence-electron chi connectivity index (χ2n) is 4.53. The van der Waals surface area contributed by atoms with Crippen LogP contribution in [0, 0.1) is 0 Å². The molecule has 2 aromatic rings. The van der Waals surface area contributed by atoms with E-state index in [1.54, 1.807) is 42.5 Å². The Kier molecular flexibility index (Phi) is 2.81. The van der Waals surface area contributed by atoms with Crippen molar-refractivity contribution in [1.82, 2.24) is 0 Å². The van der Waals surface area contributed by atoms with Crippen LogP contribution < -0.4 is 0 Å². The van der Waals surface area contributed by atoms with Crippen molar-refractivity contribution in [2.24, 2.45) is 0 Å². The quantitative estimate of drug-likeness (QED) is 0.857. The summed E-state index contributed by atoms with van der Waals surface area (Å²) in [6.45, 7) is 0. The van der Waals surface area contributed by atoms with E-state index in [9.17, 15) is 9.90 Å². The molecule has 19 heavy (non-hydrogen) atoms. The molecule has 0 saturated heterocycles. The summed E-state index contributed by atoms with van der Waals surface area (Å²) in [7, 11) is 0. The van der Waals surface area contributed by atoms with E-state index in [-0.39, 0.29) is 6.42 Å². The molecule has 1 unspecified atom stereocenters. The minimum atomic E-state index is -1.61. The van der Waals surface area contributed by atoms with Gasteiger partial charge in [0, 0.05) is 17.0 Å². The smallest absolute Gasteiger partial charge is 0.341 e. The molecule has 0 radical (unpaired) electrons. The van der Waals surface area contributed by atoms with Gasteiger partial charge >= 0.3 is 5.97 Å². The fraction of sp³-hybridized carbons (Fsp3) is 0.133. The summed E-state index contributed by atoms with van der Waals surface area (Å²) < 4.78 is 5.14. The zero-order valence-corrected chi connectivity index (χ0v) is 10.7. The van der Waals surface area contributed by atoms with Gasteiger partial charge in [-0.25, -0.2) is 4.79 Å². The van der Waals surface area contributed by atoms with Gasteiger partial charge in [-0.15, -0.1) is 0 Å². The number of carbonyl (C=O) groups excluding carboxylic acids is 1. The lowest BCUT2D eigenvalue weighted by Crippen LogP contribution is -2.28. The Labute approximate surface area is 115 Å². The molecule has 1 N–H and O–H groups in total. The van der Waals surface area contributed by atoms with Crippen LogP contribution in [-0.4, -0.2) is 11.1 Å². The molecule has 1 aliphatic rings. The van der Waals surface area contributed by atoms with Gasteiger partial charge in [-0.05, 0) is 23.8 Å². The van der Waals surface area contributed by atoms with Crippen molar-refractivity contribution in [3.8, 4) is 0 Å². The molecule has 1 heterocycles. The number of benzene rings is 2. The van der Waals surface area contributed by atoms with Crippen molar-refractivity contribution in [2.45, 2.75) is 12.2 Å². The van der Waals surface area contributed by atoms with Crippen LogP contribution in [0.15, 0.2) is 48.5 Å². The minimum Gasteiger partial charge on any atom is -0.425 e. The summed E-state index contributed by atoms with van der Waals surface area (Å²) >= 11 is 5.92. The van der Waals surface area contributed by atoms with Gasteiger partial charge in [-0.2, -0.15) is 0 Å². The van der Waals surface area contributed by atoms with E-state index in [0.29, 0.717) is 16.1 Å². The molecular formula is C15H11ClO3. The summed E-state index contributed by atoms with van der Waals surface area (Å²) in [5.74, 6) is -2.11. The van der Waals surface area contributed by atoms with Crippen LogP contribution in [0.5, 0.6) is 0 Å². The molecule has 0 aliphatic carbocycles. The number of carbonyl (C=O) groups is 1. The van der Waals surface area contributed by atoms with E-state index in [0.717, 1.165) is 5.56 Å². The third-order valence-electron chi connectivity index (χ3n) is 3.16. The maximum atomic E-state index is 11.7. The largest absolute Gasteiger partial charge is 0.425 e. The monoisotopic (exact) mass is 274 g/mol. The van der Waals surface area contributed by atoms with Crippen molar-refractivity contribution >= 4 is 17.6 Å². The molecule has 1 aliphatic heterocycles. The molecule has 4 heteroatoms. The summed E-state index contributed by atoms with van der Waals surface area (Å²) in [4.78, 5) is 11.7. The first-order chi connectivity index (χ1) is 9.08. The summed E-state index contributed by atoms with van der Waals surface area (Å²) in [5.41, 5.74) is 1.71. The van der Waals surface area contributed by atoms with Gasteiger partial charge in [0.05, 0.1) is 5.56 Å². The van der Waals surface area contributed by atoms with Crippen molar-refractivity contribution in [3.63, 3.8) is 0 Å². The number of rotatable bonds is 2. The number of esters is 1. The highest BCUT2D eigenvalue weighted by atomic mass is 35.5. The van der Waals surface area contributed by atoms with E-state index in [1.165, 1.54) is 0 Å². The number of cyclic esters (lactones) is 1. The Morgan fingerprint density at radius 3 is 2.74 bits per heavy atom. The van der Waals surface area contributed by atoms with Crippen LogP contribution in [0.2, 0.25) is 5.02 Å². The molecule has 2 aromatic carbocycles. The first-order valence-electron chi connectivity index (χ1n) is 5.88. The molecule has 0 amide bonds. The van der Waals surface area contributed by atoms with Crippen molar-refractivity contribution in [2.75, 3.05) is 0 Å². The molecule has 3 rings (SSSR count). The Balaban J connectivity index is 1.99. The normalized spacial score (nSPS) is 21.1. The topological polar surface area (TPSA) is 46.5 Å². The van der Waals surface area contributed by atoms with E-state index >= 15 is 0 Å². The predicted molar refractivity (Wildman–Crippen MR) is 70.9 cm³/mol. The van der Waals surface area contributed by atoms with Crippen LogP contribution >= 0.6 is 11.6 Å². The molecule has 96 valence electrons. The molecule has 0 saturated carbocycles. The average molecular weight is 275 g/mol. The predicted octanol–water partition coefficient (Wildman–Crippen LogP) is 2.90. The molecule has 1 atom stereocenters. The highest BCUT2D eigenvalue weighted by Gasteiger charge is 2.43. The Morgan fingerprint density at radius 1 is 1.16 bits per heavy atom. The zero-order chi connectivity index (χ0) is 13.5. The number of halogens is 1. The average Bonchev–Trinajstić information content (AvgIpc) is 2.62. The standard InChI is InChI=1S/C15H11ClO3/c16-11-5-3-4-10(8-11)9-15(18)13-7-2-1-6-12(13)14(17)19-15/h1-8,18H,9H2. The Morgan fingerprint density at radius 2 is 1.95 bits per heavy atom. The second kappa shape index (κ2) is 4.37. The van der Waals surface area contributed by atoms with Crippen LogP contribution in [0.3, 0.4) is 0 Å². The highest BCUT2D eigenvalue weighted by molar-refractivity contribution is 6.30. The van der Waals surface area contributed by atoms with Crippen molar-refractivity contribution in [1.29, 1.82) is 0 Å². The first-order valence-corrected chi connectivity index (χ1v) is 6.26. The number of hydrogen-bond acceptors (Lipinski definition) is 3. The number of ether oxygens (including phenoxy) is 1. The van der Waals surface area contributed by atoms with E-state index in [4.69, 9.17) is 16.3 Å². The maximum absolute atomic E-state index is 11.7. The van der Waals surface area contributed by atoms with Crippen LogP contribution in [-0.2, 0) is 16.9 Å². The van der Waals surface area contributed by atoms with Crippen molar-refractivity contribution < 1.29 is 14.6 Å². The van der Waals surface area contributed by atoms with Crippen LogP contribution in [0.4, 0.5) is 0 Å². The van der Waals surface area contributed by atoms with Crippen LogP contribution in [0.25, 0.3) is 0 Å². The van der Waals surface area contributed by atoms with E-state index in [1.807, 2.05) is 6.07 Å². The van der Waals surface area contributed by atoms with Gasteiger partial charge in [0.15, 0.2) is 0 Å². The van der Waals surface area contributed by atoms with E-state index < -0.39 is 11.8 Å². The number of fused-ring (bicyclic) bond motifs is 1. The molecule has 3 nitrogen and oxygen atoms in total. The summed E-state index contributed by atoms with van der Waals surface area (Å²) in [6.07, 6.45) is 0.177. The van der Waals surface area contributed by atoms with Crippen molar-refractivity contribution in [3.05, 3.63) is 70.2 Å². The third-order valence-corrected chi connectivity index (χ3v) is 3.40. The second-order valence-corrected chi connectivity index (χ2v) is 4.96. The van der Waals surface area contributed by atoms with E-state index in [2.05, 4.69) is 0 Å². The third kappa shape index (κ3) is 2.11. The molecule has 0 bridgehead atoms. The lowest BCUT2D eigenvalue weighted by Gasteiger charge is -2.22. The zero-order valence-electron chi connectivity index (χ0n) is 9.97. The van der Waals surface area contributed by atoms with Gasteiger partial charge in [0.2, 0.25) is 5.79 Å².